The van der Waals surface area contributed by atoms with Crippen LogP contribution in [0.1, 0.15) is 58.4 Å². The highest BCUT2D eigenvalue weighted by atomic mass is 32.2. The van der Waals surface area contributed by atoms with Gasteiger partial charge in [-0.25, -0.2) is 13.7 Å². The van der Waals surface area contributed by atoms with Crippen molar-refractivity contribution in [3.05, 3.63) is 40.3 Å². The minimum absolute atomic E-state index is 0.0401. The molecule has 0 saturated heterocycles. The van der Waals surface area contributed by atoms with Crippen LogP contribution in [0.3, 0.4) is 0 Å². The first kappa shape index (κ1) is 24.4. The van der Waals surface area contributed by atoms with Gasteiger partial charge in [-0.1, -0.05) is 6.07 Å². The summed E-state index contributed by atoms with van der Waals surface area (Å²) in [6, 6.07) is 4.95. The molecule has 1 aromatic carbocycles. The molecule has 1 amide bonds. The predicted molar refractivity (Wildman–Crippen MR) is 125 cm³/mol. The number of benzene rings is 1. The lowest BCUT2D eigenvalue weighted by Gasteiger charge is -2.29. The summed E-state index contributed by atoms with van der Waals surface area (Å²) < 4.78 is 21.8. The van der Waals surface area contributed by atoms with E-state index in [-0.39, 0.29) is 24.8 Å². The number of hydrogen-bond acceptors (Lipinski definition) is 5. The van der Waals surface area contributed by atoms with E-state index < -0.39 is 22.7 Å². The zero-order chi connectivity index (χ0) is 23.5. The molecule has 2 atom stereocenters. The molecule has 0 radical (unpaired) electrons. The Morgan fingerprint density at radius 3 is 2.72 bits per heavy atom. The lowest BCUT2D eigenvalue weighted by Crippen LogP contribution is -2.45. The zero-order valence-corrected chi connectivity index (χ0v) is 20.0. The van der Waals surface area contributed by atoms with Gasteiger partial charge < -0.3 is 19.7 Å². The first-order valence-electron chi connectivity index (χ1n) is 11.0. The van der Waals surface area contributed by atoms with Crippen molar-refractivity contribution in [2.45, 2.75) is 69.4 Å². The smallest absolute Gasteiger partial charge is 0.410 e. The van der Waals surface area contributed by atoms with E-state index in [0.29, 0.717) is 29.2 Å². The second kappa shape index (κ2) is 10.1. The van der Waals surface area contributed by atoms with Crippen LogP contribution in [-0.4, -0.2) is 56.6 Å². The number of aliphatic hydroxyl groups excluding tert-OH is 1. The fourth-order valence-electron chi connectivity index (χ4n) is 3.64. The van der Waals surface area contributed by atoms with Gasteiger partial charge in [-0.2, -0.15) is 0 Å². The van der Waals surface area contributed by atoms with Gasteiger partial charge in [-0.15, -0.1) is 0 Å². The number of aromatic amines is 1. The molecule has 3 rings (SSSR count). The highest BCUT2D eigenvalue weighted by Crippen LogP contribution is 2.43. The number of rotatable bonds is 9. The quantitative estimate of drug-likeness (QED) is 0.529. The molecule has 2 aromatic rings. The lowest BCUT2D eigenvalue weighted by molar-refractivity contribution is 0.0229. The van der Waals surface area contributed by atoms with Crippen molar-refractivity contribution in [1.82, 2.24) is 14.6 Å². The van der Waals surface area contributed by atoms with Gasteiger partial charge in [0.2, 0.25) is 0 Å². The van der Waals surface area contributed by atoms with Gasteiger partial charge in [0.05, 0.1) is 4.90 Å². The molecule has 1 aliphatic carbocycles. The number of hydrogen-bond donors (Lipinski definition) is 3. The standard InChI is InChI=1S/C23H33N3O5S/c1-15(14-26(11-6-12-27)22(29)31-23(2,3)4)25-32(30)19-8-5-7-17-20(19)18(16-9-10-16)13-24-21(17)28/h5,7-8,13,15-16,25,27H,6,9-12,14H2,1-4H3,(H,24,28). The summed E-state index contributed by atoms with van der Waals surface area (Å²) in [5, 5.41) is 10.5. The Labute approximate surface area is 190 Å². The molecule has 3 N–H and O–H groups in total. The summed E-state index contributed by atoms with van der Waals surface area (Å²) in [6.45, 7) is 7.79. The molecular weight excluding hydrogens is 430 g/mol. The Balaban J connectivity index is 1.79. The van der Waals surface area contributed by atoms with Crippen LogP contribution in [0.4, 0.5) is 4.79 Å². The second-order valence-corrected chi connectivity index (χ2v) is 10.5. The van der Waals surface area contributed by atoms with E-state index in [2.05, 4.69) is 9.71 Å². The summed E-state index contributed by atoms with van der Waals surface area (Å²) in [7, 11) is -1.58. The Hall–Kier alpha value is -2.23. The van der Waals surface area contributed by atoms with Crippen molar-refractivity contribution in [2.75, 3.05) is 19.7 Å². The number of carbonyl (C=O) groups excluding carboxylic acids is 1. The fourth-order valence-corrected chi connectivity index (χ4v) is 4.82. The highest BCUT2D eigenvalue weighted by molar-refractivity contribution is 7.83. The van der Waals surface area contributed by atoms with Crippen molar-refractivity contribution in [1.29, 1.82) is 0 Å². The monoisotopic (exact) mass is 463 g/mol. The minimum atomic E-state index is -1.58. The maximum absolute atomic E-state index is 13.3. The Kier molecular flexibility index (Phi) is 7.74. The van der Waals surface area contributed by atoms with Crippen LogP contribution in [0.2, 0.25) is 0 Å². The molecule has 1 saturated carbocycles. The topological polar surface area (TPSA) is 112 Å². The van der Waals surface area contributed by atoms with Crippen LogP contribution < -0.4 is 10.3 Å². The average Bonchev–Trinajstić information content (AvgIpc) is 3.55. The van der Waals surface area contributed by atoms with E-state index in [0.717, 1.165) is 23.8 Å². The van der Waals surface area contributed by atoms with Crippen molar-refractivity contribution < 1.29 is 18.8 Å². The molecule has 8 nitrogen and oxygen atoms in total. The van der Waals surface area contributed by atoms with E-state index in [9.17, 15) is 18.9 Å². The number of nitrogens with one attached hydrogen (secondary N) is 2. The maximum atomic E-state index is 13.3. The molecule has 0 bridgehead atoms. The molecule has 32 heavy (non-hydrogen) atoms. The van der Waals surface area contributed by atoms with Crippen LogP contribution in [0.25, 0.3) is 10.8 Å². The van der Waals surface area contributed by atoms with Gasteiger partial charge in [0.25, 0.3) is 5.56 Å². The summed E-state index contributed by atoms with van der Waals surface area (Å²) >= 11 is 0. The lowest BCUT2D eigenvalue weighted by atomic mass is 10.0. The summed E-state index contributed by atoms with van der Waals surface area (Å²) in [5.74, 6) is 0.381. The zero-order valence-electron chi connectivity index (χ0n) is 19.1. The van der Waals surface area contributed by atoms with E-state index in [1.165, 1.54) is 4.90 Å². The number of H-pyrrole nitrogens is 1. The molecule has 1 heterocycles. The van der Waals surface area contributed by atoms with Gasteiger partial charge in [0.1, 0.15) is 16.6 Å². The van der Waals surface area contributed by atoms with E-state index >= 15 is 0 Å². The molecule has 1 aliphatic rings. The van der Waals surface area contributed by atoms with Crippen molar-refractivity contribution in [3.8, 4) is 0 Å². The number of aliphatic hydroxyl groups is 1. The van der Waals surface area contributed by atoms with Crippen LogP contribution in [0.5, 0.6) is 0 Å². The van der Waals surface area contributed by atoms with Gasteiger partial charge >= 0.3 is 6.09 Å². The third-order valence-corrected chi connectivity index (χ3v) is 6.53. The molecule has 2 unspecified atom stereocenters. The molecule has 176 valence electrons. The van der Waals surface area contributed by atoms with Crippen LogP contribution >= 0.6 is 0 Å². The van der Waals surface area contributed by atoms with E-state index in [4.69, 9.17) is 4.74 Å². The van der Waals surface area contributed by atoms with Crippen LogP contribution in [0.15, 0.2) is 34.1 Å². The number of pyridine rings is 1. The summed E-state index contributed by atoms with van der Waals surface area (Å²) in [4.78, 5) is 29.8. The maximum Gasteiger partial charge on any atom is 0.410 e. The molecule has 0 aliphatic heterocycles. The third kappa shape index (κ3) is 6.17. The van der Waals surface area contributed by atoms with Crippen LogP contribution in [-0.2, 0) is 15.7 Å². The largest absolute Gasteiger partial charge is 0.444 e. The first-order valence-corrected chi connectivity index (χ1v) is 12.2. The molecule has 1 fully saturated rings. The van der Waals surface area contributed by atoms with Gasteiger partial charge in [0.15, 0.2) is 0 Å². The number of amides is 1. The van der Waals surface area contributed by atoms with E-state index in [1.807, 2.05) is 6.92 Å². The second-order valence-electron chi connectivity index (χ2n) is 9.32. The molecule has 9 heteroatoms. The normalized spacial score (nSPS) is 16.0. The number of aromatic nitrogens is 1. The minimum Gasteiger partial charge on any atom is -0.444 e. The Bertz CT molecular complexity index is 1040. The van der Waals surface area contributed by atoms with Gasteiger partial charge in [0, 0.05) is 42.7 Å². The number of ether oxygens (including phenoxy) is 1. The average molecular weight is 464 g/mol. The Morgan fingerprint density at radius 1 is 1.38 bits per heavy atom. The number of nitrogens with zero attached hydrogens (tertiary/aromatic N) is 1. The highest BCUT2D eigenvalue weighted by Gasteiger charge is 2.28. The SMILES string of the molecule is CC(CN(CCCO)C(=O)OC(C)(C)C)NS(=O)c1cccc2c(=O)[nH]cc(C3CC3)c12. The third-order valence-electron chi connectivity index (χ3n) is 5.18. The number of carbonyl (C=O) groups is 1. The molecular formula is C23H33N3O5S. The summed E-state index contributed by atoms with van der Waals surface area (Å²) in [6.07, 6.45) is 3.80. The van der Waals surface area contributed by atoms with Crippen molar-refractivity contribution >= 4 is 27.9 Å². The van der Waals surface area contributed by atoms with E-state index in [1.54, 1.807) is 45.2 Å². The summed E-state index contributed by atoms with van der Waals surface area (Å²) in [5.41, 5.74) is 0.191. The van der Waals surface area contributed by atoms with Crippen molar-refractivity contribution in [2.24, 2.45) is 0 Å². The fraction of sp³-hybridized carbons (Fsp3) is 0.565. The first-order chi connectivity index (χ1) is 15.1. The Morgan fingerprint density at radius 2 is 2.09 bits per heavy atom. The van der Waals surface area contributed by atoms with Crippen molar-refractivity contribution in [3.63, 3.8) is 0 Å². The molecule has 1 aromatic heterocycles. The van der Waals surface area contributed by atoms with Crippen LogP contribution in [0, 0.1) is 0 Å². The molecule has 0 spiro atoms. The predicted octanol–water partition coefficient (Wildman–Crippen LogP) is 3.03. The number of fused-ring (bicyclic) bond motifs is 1. The van der Waals surface area contributed by atoms with Gasteiger partial charge in [-0.05, 0) is 70.6 Å². The van der Waals surface area contributed by atoms with Gasteiger partial charge in [-0.3, -0.25) is 4.79 Å².